The first-order chi connectivity index (χ1) is 15.9. The molecule has 1 aliphatic carbocycles. The number of fused-ring (bicyclic) bond motifs is 1. The monoisotopic (exact) mass is 548 g/mol. The van der Waals surface area contributed by atoms with Gasteiger partial charge in [-0.05, 0) is 67.0 Å². The van der Waals surface area contributed by atoms with Gasteiger partial charge in [-0.2, -0.15) is 5.10 Å². The van der Waals surface area contributed by atoms with Gasteiger partial charge in [-0.15, -0.1) is 0 Å². The molecule has 8 heteroatoms. The van der Waals surface area contributed by atoms with Gasteiger partial charge in [-0.25, -0.2) is 5.01 Å². The summed E-state index contributed by atoms with van der Waals surface area (Å²) in [6.07, 6.45) is 4.63. The van der Waals surface area contributed by atoms with Crippen molar-refractivity contribution in [2.45, 2.75) is 38.6 Å². The molecule has 4 atom stereocenters. The standard InChI is InChI=1S/C25H27BrCl2N4O/c1-2-20-23(25(33)30-31-13-16-4-3-5-17(16)14-31)29-32(22-11-10-19(27)12-21(22)28)24(20)15-6-8-18(26)9-7-15/h6-12,16-17,20,24H,2-5,13-14H2,1H3,(H,30,33)/t16?,17?,20-,24+/m1/s1. The van der Waals surface area contributed by atoms with Gasteiger partial charge in [0.15, 0.2) is 0 Å². The maximum absolute atomic E-state index is 13.5. The molecule has 174 valence electrons. The predicted molar refractivity (Wildman–Crippen MR) is 138 cm³/mol. The Bertz CT molecular complexity index is 1060. The maximum atomic E-state index is 13.5. The Morgan fingerprint density at radius 1 is 1.12 bits per heavy atom. The largest absolute Gasteiger partial charge is 0.284 e. The van der Waals surface area contributed by atoms with Gasteiger partial charge in [0.25, 0.3) is 5.91 Å². The second-order valence-corrected chi connectivity index (χ2v) is 11.0. The average Bonchev–Trinajstić information content (AvgIpc) is 3.47. The van der Waals surface area contributed by atoms with E-state index in [0.717, 1.165) is 35.2 Å². The molecule has 1 N–H and O–H groups in total. The Morgan fingerprint density at radius 2 is 1.82 bits per heavy atom. The molecule has 2 aromatic carbocycles. The number of carbonyl (C=O) groups is 1. The average molecular weight is 550 g/mol. The van der Waals surface area contributed by atoms with Crippen LogP contribution in [-0.2, 0) is 4.79 Å². The maximum Gasteiger partial charge on any atom is 0.282 e. The molecule has 0 spiro atoms. The van der Waals surface area contributed by atoms with Crippen LogP contribution in [0.5, 0.6) is 0 Å². The lowest BCUT2D eigenvalue weighted by molar-refractivity contribution is -0.119. The molecule has 1 saturated carbocycles. The van der Waals surface area contributed by atoms with Crippen LogP contribution in [0, 0.1) is 17.8 Å². The molecule has 2 fully saturated rings. The molecular formula is C25H27BrCl2N4O. The van der Waals surface area contributed by atoms with Crippen LogP contribution in [0.1, 0.15) is 44.2 Å². The zero-order valence-electron chi connectivity index (χ0n) is 18.5. The third-order valence-corrected chi connectivity index (χ3v) is 8.30. The molecule has 0 aromatic heterocycles. The summed E-state index contributed by atoms with van der Waals surface area (Å²) >= 11 is 16.3. The molecule has 1 saturated heterocycles. The number of nitrogens with one attached hydrogen (secondary N) is 1. The van der Waals surface area contributed by atoms with E-state index < -0.39 is 0 Å². The van der Waals surface area contributed by atoms with Crippen LogP contribution in [0.15, 0.2) is 52.0 Å². The first-order valence-corrected chi connectivity index (χ1v) is 13.1. The number of nitrogens with zero attached hydrogens (tertiary/aromatic N) is 3. The Kier molecular flexibility index (Phi) is 6.72. The summed E-state index contributed by atoms with van der Waals surface area (Å²) < 4.78 is 1.01. The number of hydrogen-bond donors (Lipinski definition) is 1. The minimum atomic E-state index is -0.138. The number of halogens is 3. The molecule has 1 amide bonds. The van der Waals surface area contributed by atoms with Crippen LogP contribution in [-0.4, -0.2) is 29.7 Å². The number of hydrazine groups is 1. The summed E-state index contributed by atoms with van der Waals surface area (Å²) in [5.41, 5.74) is 5.54. The van der Waals surface area contributed by atoms with Crippen molar-refractivity contribution in [1.29, 1.82) is 0 Å². The molecule has 5 rings (SSSR count). The summed E-state index contributed by atoms with van der Waals surface area (Å²) in [4.78, 5) is 13.5. The van der Waals surface area contributed by atoms with Crippen LogP contribution < -0.4 is 10.4 Å². The van der Waals surface area contributed by atoms with Crippen LogP contribution in [0.2, 0.25) is 10.0 Å². The van der Waals surface area contributed by atoms with E-state index in [1.165, 1.54) is 19.3 Å². The third kappa shape index (κ3) is 4.55. The minimum absolute atomic E-state index is 0.0694. The zero-order valence-corrected chi connectivity index (χ0v) is 21.6. The number of carbonyl (C=O) groups excluding carboxylic acids is 1. The van der Waals surface area contributed by atoms with Gasteiger partial charge in [0, 0.05) is 28.5 Å². The van der Waals surface area contributed by atoms with Gasteiger partial charge in [0.05, 0.1) is 16.8 Å². The number of benzene rings is 2. The number of amides is 1. The molecule has 3 aliphatic rings. The van der Waals surface area contributed by atoms with Crippen molar-refractivity contribution in [3.8, 4) is 0 Å². The van der Waals surface area contributed by atoms with Crippen molar-refractivity contribution in [2.24, 2.45) is 22.9 Å². The lowest BCUT2D eigenvalue weighted by Gasteiger charge is -2.29. The summed E-state index contributed by atoms with van der Waals surface area (Å²) in [6.45, 7) is 3.97. The highest BCUT2D eigenvalue weighted by Gasteiger charge is 2.43. The van der Waals surface area contributed by atoms with Crippen molar-refractivity contribution in [1.82, 2.24) is 10.4 Å². The highest BCUT2D eigenvalue weighted by molar-refractivity contribution is 9.10. The molecular weight excluding hydrogens is 523 g/mol. The number of hydrazone groups is 1. The van der Waals surface area contributed by atoms with Gasteiger partial charge in [-0.1, -0.05) is 64.6 Å². The van der Waals surface area contributed by atoms with Crippen LogP contribution in [0.25, 0.3) is 0 Å². The van der Waals surface area contributed by atoms with E-state index in [-0.39, 0.29) is 17.9 Å². The fraction of sp³-hybridized carbons (Fsp3) is 0.440. The summed E-state index contributed by atoms with van der Waals surface area (Å²) in [7, 11) is 0. The molecule has 0 bridgehead atoms. The quantitative estimate of drug-likeness (QED) is 0.465. The van der Waals surface area contributed by atoms with Crippen molar-refractivity contribution in [3.05, 3.63) is 62.5 Å². The second-order valence-electron chi connectivity index (χ2n) is 9.23. The second kappa shape index (κ2) is 9.57. The number of hydrogen-bond acceptors (Lipinski definition) is 4. The minimum Gasteiger partial charge on any atom is -0.284 e. The molecule has 2 heterocycles. The van der Waals surface area contributed by atoms with E-state index >= 15 is 0 Å². The fourth-order valence-electron chi connectivity index (χ4n) is 5.63. The van der Waals surface area contributed by atoms with Gasteiger partial charge in [0.2, 0.25) is 0 Å². The predicted octanol–water partition coefficient (Wildman–Crippen LogP) is 6.46. The normalized spacial score (nSPS) is 27.0. The van der Waals surface area contributed by atoms with Crippen LogP contribution in [0.3, 0.4) is 0 Å². The summed E-state index contributed by atoms with van der Waals surface area (Å²) in [6, 6.07) is 13.4. The first-order valence-electron chi connectivity index (χ1n) is 11.6. The summed E-state index contributed by atoms with van der Waals surface area (Å²) in [5.74, 6) is 1.23. The summed E-state index contributed by atoms with van der Waals surface area (Å²) in [5, 5.41) is 9.93. The van der Waals surface area contributed by atoms with Gasteiger partial charge in [0.1, 0.15) is 5.71 Å². The van der Waals surface area contributed by atoms with Crippen molar-refractivity contribution < 1.29 is 4.79 Å². The van der Waals surface area contributed by atoms with Crippen molar-refractivity contribution >= 4 is 56.4 Å². The lowest BCUT2D eigenvalue weighted by Crippen LogP contribution is -2.45. The Labute approximate surface area is 213 Å². The van der Waals surface area contributed by atoms with Crippen molar-refractivity contribution in [2.75, 3.05) is 18.1 Å². The van der Waals surface area contributed by atoms with Gasteiger partial charge < -0.3 is 0 Å². The van der Waals surface area contributed by atoms with Crippen LogP contribution >= 0.6 is 39.1 Å². The topological polar surface area (TPSA) is 47.9 Å². The molecule has 0 radical (unpaired) electrons. The van der Waals surface area contributed by atoms with Crippen LogP contribution in [0.4, 0.5) is 5.69 Å². The Morgan fingerprint density at radius 3 is 2.45 bits per heavy atom. The van der Waals surface area contributed by atoms with E-state index in [4.69, 9.17) is 28.3 Å². The number of anilines is 1. The van der Waals surface area contributed by atoms with E-state index in [1.807, 2.05) is 23.2 Å². The van der Waals surface area contributed by atoms with Gasteiger partial charge >= 0.3 is 0 Å². The van der Waals surface area contributed by atoms with E-state index in [2.05, 4.69) is 45.4 Å². The first kappa shape index (κ1) is 23.2. The smallest absolute Gasteiger partial charge is 0.282 e. The Hall–Kier alpha value is -1.60. The zero-order chi connectivity index (χ0) is 23.1. The molecule has 33 heavy (non-hydrogen) atoms. The van der Waals surface area contributed by atoms with E-state index in [9.17, 15) is 4.79 Å². The molecule has 2 aromatic rings. The van der Waals surface area contributed by atoms with E-state index in [0.29, 0.717) is 27.6 Å². The fourth-order valence-corrected chi connectivity index (χ4v) is 6.39. The SMILES string of the molecule is CC[C@@H]1C(C(=O)NN2CC3CCCC3C2)=NN(c2ccc(Cl)cc2Cl)[C@H]1c1ccc(Br)cc1. The highest BCUT2D eigenvalue weighted by atomic mass is 79.9. The van der Waals surface area contributed by atoms with E-state index in [1.54, 1.807) is 12.1 Å². The number of rotatable bonds is 5. The lowest BCUT2D eigenvalue weighted by atomic mass is 9.87. The van der Waals surface area contributed by atoms with Crippen molar-refractivity contribution in [3.63, 3.8) is 0 Å². The highest BCUT2D eigenvalue weighted by Crippen LogP contribution is 2.44. The van der Waals surface area contributed by atoms with Gasteiger partial charge in [-0.3, -0.25) is 15.2 Å². The molecule has 2 unspecified atom stereocenters. The Balaban J connectivity index is 1.47. The molecule has 5 nitrogen and oxygen atoms in total. The molecule has 2 aliphatic heterocycles. The third-order valence-electron chi connectivity index (χ3n) is 7.24.